The number of hydrogen-bond acceptors (Lipinski definition) is 5. The normalized spacial score (nSPS) is 13.8. The quantitative estimate of drug-likeness (QED) is 0.518. The van der Waals surface area contributed by atoms with E-state index in [9.17, 15) is 13.2 Å². The molecule has 1 saturated carbocycles. The third kappa shape index (κ3) is 4.64. The summed E-state index contributed by atoms with van der Waals surface area (Å²) in [6, 6.07) is 13.3. The highest BCUT2D eigenvalue weighted by atomic mass is 32.2. The van der Waals surface area contributed by atoms with Gasteiger partial charge in [-0.25, -0.2) is 17.8 Å². The lowest BCUT2D eigenvalue weighted by atomic mass is 10.2. The second-order valence-corrected chi connectivity index (χ2v) is 8.72. The van der Waals surface area contributed by atoms with Gasteiger partial charge in [-0.15, -0.1) is 0 Å². The zero-order chi connectivity index (χ0) is 20.4. The second kappa shape index (κ2) is 7.69. The van der Waals surface area contributed by atoms with Crippen molar-refractivity contribution in [3.05, 3.63) is 72.1 Å². The Morgan fingerprint density at radius 2 is 1.76 bits per heavy atom. The fraction of sp³-hybridized carbons (Fsp3) is 0.200. The third-order valence-electron chi connectivity index (χ3n) is 4.49. The average molecular weight is 411 g/mol. The molecule has 0 saturated heterocycles. The van der Waals surface area contributed by atoms with Crippen LogP contribution in [0.5, 0.6) is 0 Å². The van der Waals surface area contributed by atoms with Crippen LogP contribution in [0.15, 0.2) is 65.8 Å². The summed E-state index contributed by atoms with van der Waals surface area (Å²) in [7, 11) is -3.49. The van der Waals surface area contributed by atoms with Gasteiger partial charge in [-0.2, -0.15) is 5.10 Å². The minimum absolute atomic E-state index is 0.0563. The van der Waals surface area contributed by atoms with Crippen molar-refractivity contribution in [3.8, 4) is 5.69 Å². The first-order valence-electron chi connectivity index (χ1n) is 9.21. The number of hydrogen-bond donors (Lipinski definition) is 3. The number of nitrogens with zero attached hydrogens (tertiary/aromatic N) is 2. The molecule has 0 bridgehead atoms. The molecule has 0 spiro atoms. The second-order valence-electron chi connectivity index (χ2n) is 7.01. The molecule has 3 aromatic rings. The number of carbonyl (C=O) groups excluding carboxylic acids is 1. The number of rotatable bonds is 7. The molecule has 9 heteroatoms. The van der Waals surface area contributed by atoms with Crippen LogP contribution in [0.4, 0.5) is 5.69 Å². The largest absolute Gasteiger partial charge is 0.298 e. The summed E-state index contributed by atoms with van der Waals surface area (Å²) in [5.41, 5.74) is 8.37. The van der Waals surface area contributed by atoms with Gasteiger partial charge in [0.2, 0.25) is 10.0 Å². The van der Waals surface area contributed by atoms with E-state index in [1.165, 1.54) is 12.1 Å². The van der Waals surface area contributed by atoms with Crippen LogP contribution in [0, 0.1) is 6.92 Å². The summed E-state index contributed by atoms with van der Waals surface area (Å²) < 4.78 is 28.7. The van der Waals surface area contributed by atoms with Crippen molar-refractivity contribution in [2.24, 2.45) is 0 Å². The van der Waals surface area contributed by atoms with Crippen LogP contribution in [0.1, 0.15) is 28.8 Å². The number of anilines is 1. The number of amides is 1. The summed E-state index contributed by atoms with van der Waals surface area (Å²) in [6.45, 7) is 1.96. The van der Waals surface area contributed by atoms with Crippen LogP contribution in [-0.4, -0.2) is 30.1 Å². The molecule has 0 atom stereocenters. The van der Waals surface area contributed by atoms with Gasteiger partial charge >= 0.3 is 0 Å². The number of hydrazine groups is 1. The Balaban J connectivity index is 1.35. The number of benzene rings is 2. The van der Waals surface area contributed by atoms with Gasteiger partial charge in [0.15, 0.2) is 0 Å². The summed E-state index contributed by atoms with van der Waals surface area (Å²) in [5.74, 6) is -0.305. The van der Waals surface area contributed by atoms with Crippen molar-refractivity contribution < 1.29 is 13.2 Å². The predicted octanol–water partition coefficient (Wildman–Crippen LogP) is 2.38. The van der Waals surface area contributed by atoms with Crippen molar-refractivity contribution in [3.63, 3.8) is 0 Å². The van der Waals surface area contributed by atoms with Crippen LogP contribution < -0.4 is 15.6 Å². The first-order chi connectivity index (χ1) is 13.9. The standard InChI is InChI=1S/C20H21N5O3S/c1-14-12-21-25(13-14)18-8-2-15(3-9-18)20(26)23-22-16-6-10-19(11-7-16)29(27,28)24-17-4-5-17/h2-3,6-13,17,22,24H,4-5H2,1H3,(H,23,26). The molecule has 3 N–H and O–H groups in total. The molecule has 1 aliphatic carbocycles. The number of sulfonamides is 1. The Morgan fingerprint density at radius 1 is 1.07 bits per heavy atom. The molecule has 2 aromatic carbocycles. The Kier molecular flexibility index (Phi) is 5.08. The van der Waals surface area contributed by atoms with Gasteiger partial charge in [0.05, 0.1) is 22.5 Å². The van der Waals surface area contributed by atoms with E-state index < -0.39 is 10.0 Å². The van der Waals surface area contributed by atoms with Gasteiger partial charge in [0.1, 0.15) is 0 Å². The molecule has 1 aromatic heterocycles. The zero-order valence-corrected chi connectivity index (χ0v) is 16.6. The van der Waals surface area contributed by atoms with Crippen molar-refractivity contribution in [2.45, 2.75) is 30.7 Å². The molecular weight excluding hydrogens is 390 g/mol. The highest BCUT2D eigenvalue weighted by Gasteiger charge is 2.27. The number of aryl methyl sites for hydroxylation is 1. The fourth-order valence-electron chi connectivity index (χ4n) is 2.73. The molecule has 8 nitrogen and oxygen atoms in total. The van der Waals surface area contributed by atoms with Crippen LogP contribution in [0.3, 0.4) is 0 Å². The van der Waals surface area contributed by atoms with Gasteiger partial charge in [0, 0.05) is 17.8 Å². The molecular formula is C20H21N5O3S. The molecule has 1 fully saturated rings. The van der Waals surface area contributed by atoms with E-state index >= 15 is 0 Å². The third-order valence-corrected chi connectivity index (χ3v) is 6.03. The van der Waals surface area contributed by atoms with Crippen LogP contribution in [0.25, 0.3) is 5.69 Å². The van der Waals surface area contributed by atoms with Gasteiger partial charge in [0.25, 0.3) is 5.91 Å². The molecule has 4 rings (SSSR count). The lowest BCUT2D eigenvalue weighted by Crippen LogP contribution is -2.29. The van der Waals surface area contributed by atoms with Crippen LogP contribution >= 0.6 is 0 Å². The number of carbonyl (C=O) groups is 1. The molecule has 29 heavy (non-hydrogen) atoms. The SMILES string of the molecule is Cc1cnn(-c2ccc(C(=O)NNc3ccc(S(=O)(=O)NC4CC4)cc3)cc2)c1. The molecule has 0 unspecified atom stereocenters. The Bertz CT molecular complexity index is 1120. The molecule has 1 heterocycles. The maximum atomic E-state index is 12.3. The van der Waals surface area contributed by atoms with Crippen molar-refractivity contribution >= 4 is 21.6 Å². The van der Waals surface area contributed by atoms with E-state index in [4.69, 9.17) is 0 Å². The first kappa shape index (κ1) is 19.2. The van der Waals surface area contributed by atoms with Crippen LogP contribution in [0.2, 0.25) is 0 Å². The molecule has 0 aliphatic heterocycles. The minimum Gasteiger partial charge on any atom is -0.298 e. The Labute approximate surface area is 169 Å². The van der Waals surface area contributed by atoms with Gasteiger partial charge in [-0.05, 0) is 73.9 Å². The van der Waals surface area contributed by atoms with E-state index in [1.807, 2.05) is 25.3 Å². The maximum absolute atomic E-state index is 12.3. The summed E-state index contributed by atoms with van der Waals surface area (Å²) >= 11 is 0. The summed E-state index contributed by atoms with van der Waals surface area (Å²) in [5, 5.41) is 4.24. The van der Waals surface area contributed by atoms with Gasteiger partial charge < -0.3 is 0 Å². The zero-order valence-electron chi connectivity index (χ0n) is 15.8. The smallest absolute Gasteiger partial charge is 0.269 e. The predicted molar refractivity (Wildman–Crippen MR) is 109 cm³/mol. The topological polar surface area (TPSA) is 105 Å². The fourth-order valence-corrected chi connectivity index (χ4v) is 4.03. The van der Waals surface area contributed by atoms with E-state index in [0.29, 0.717) is 11.3 Å². The number of aromatic nitrogens is 2. The molecule has 0 radical (unpaired) electrons. The highest BCUT2D eigenvalue weighted by molar-refractivity contribution is 7.89. The van der Waals surface area contributed by atoms with E-state index in [2.05, 4.69) is 20.7 Å². The van der Waals surface area contributed by atoms with E-state index in [0.717, 1.165) is 24.1 Å². The van der Waals surface area contributed by atoms with Gasteiger partial charge in [-0.1, -0.05) is 0 Å². The first-order valence-corrected chi connectivity index (χ1v) is 10.7. The van der Waals surface area contributed by atoms with Crippen molar-refractivity contribution in [1.82, 2.24) is 19.9 Å². The van der Waals surface area contributed by atoms with Crippen molar-refractivity contribution in [1.29, 1.82) is 0 Å². The lowest BCUT2D eigenvalue weighted by Gasteiger charge is -2.10. The number of nitrogens with one attached hydrogen (secondary N) is 3. The van der Waals surface area contributed by atoms with Crippen LogP contribution in [-0.2, 0) is 10.0 Å². The monoisotopic (exact) mass is 411 g/mol. The van der Waals surface area contributed by atoms with E-state index in [1.54, 1.807) is 35.1 Å². The van der Waals surface area contributed by atoms with E-state index in [-0.39, 0.29) is 16.8 Å². The van der Waals surface area contributed by atoms with Crippen molar-refractivity contribution in [2.75, 3.05) is 5.43 Å². The van der Waals surface area contributed by atoms with Gasteiger partial charge in [-0.3, -0.25) is 15.6 Å². The Hall–Kier alpha value is -3.17. The average Bonchev–Trinajstić information content (AvgIpc) is 3.42. The molecule has 1 amide bonds. The Morgan fingerprint density at radius 3 is 2.34 bits per heavy atom. The summed E-state index contributed by atoms with van der Waals surface area (Å²) in [6.07, 6.45) is 5.44. The molecule has 150 valence electrons. The maximum Gasteiger partial charge on any atom is 0.269 e. The summed E-state index contributed by atoms with van der Waals surface area (Å²) in [4.78, 5) is 12.5. The molecule has 1 aliphatic rings. The lowest BCUT2D eigenvalue weighted by molar-refractivity contribution is 0.0962. The minimum atomic E-state index is -3.49. The highest BCUT2D eigenvalue weighted by Crippen LogP contribution is 2.22.